The molecule has 8 heteroatoms. The molecule has 0 unspecified atom stereocenters. The topological polar surface area (TPSA) is 86.8 Å². The van der Waals surface area contributed by atoms with Crippen molar-refractivity contribution >= 4 is 27.5 Å². The molecule has 0 heterocycles. The summed E-state index contributed by atoms with van der Waals surface area (Å²) in [5.41, 5.74) is 5.02. The van der Waals surface area contributed by atoms with E-state index >= 15 is 0 Å². The number of amides is 2. The third kappa shape index (κ3) is 8.68. The Morgan fingerprint density at radius 1 is 0.850 bits per heavy atom. The number of nitrogens with one attached hydrogen (secondary N) is 1. The molecule has 0 aliphatic rings. The van der Waals surface area contributed by atoms with Crippen LogP contribution in [0.2, 0.25) is 0 Å². The maximum atomic E-state index is 14.1. The highest BCUT2D eigenvalue weighted by molar-refractivity contribution is 7.92. The van der Waals surface area contributed by atoms with Crippen molar-refractivity contribution in [2.45, 2.75) is 53.6 Å². The fraction of sp³-hybridized carbons (Fsp3) is 0.375. The highest BCUT2D eigenvalue weighted by Crippen LogP contribution is 2.25. The van der Waals surface area contributed by atoms with Crippen LogP contribution in [0, 0.1) is 26.7 Å². The van der Waals surface area contributed by atoms with Crippen LogP contribution in [0.3, 0.4) is 0 Å². The van der Waals surface area contributed by atoms with Gasteiger partial charge in [-0.2, -0.15) is 0 Å². The van der Waals surface area contributed by atoms with E-state index in [1.54, 1.807) is 6.07 Å². The first kappa shape index (κ1) is 30.9. The summed E-state index contributed by atoms with van der Waals surface area (Å²) < 4.78 is 27.1. The van der Waals surface area contributed by atoms with Gasteiger partial charge in [-0.1, -0.05) is 91.7 Å². The Hall–Kier alpha value is -3.65. The van der Waals surface area contributed by atoms with E-state index in [0.717, 1.165) is 38.4 Å². The Kier molecular flexibility index (Phi) is 10.5. The van der Waals surface area contributed by atoms with Crippen molar-refractivity contribution in [3.63, 3.8) is 0 Å². The van der Waals surface area contributed by atoms with Gasteiger partial charge in [-0.3, -0.25) is 13.9 Å². The first-order valence-corrected chi connectivity index (χ1v) is 15.4. The molecule has 7 nitrogen and oxygen atoms in total. The van der Waals surface area contributed by atoms with Crippen molar-refractivity contribution in [3.05, 3.63) is 101 Å². The Labute approximate surface area is 239 Å². The third-order valence-electron chi connectivity index (χ3n) is 6.73. The maximum Gasteiger partial charge on any atom is 0.244 e. The van der Waals surface area contributed by atoms with Gasteiger partial charge in [-0.15, -0.1) is 0 Å². The SMILES string of the molecule is Cc1ccc(CN(C(=O)CN(c2ccc(C)cc2C)S(C)(=O)=O)[C@@H](Cc2ccccc2)C(=O)NCC(C)C)cc1. The Bertz CT molecular complexity index is 1400. The fourth-order valence-electron chi connectivity index (χ4n) is 4.55. The molecule has 0 saturated heterocycles. The zero-order chi connectivity index (χ0) is 29.4. The molecule has 0 fully saturated rings. The zero-order valence-electron chi connectivity index (χ0n) is 24.3. The minimum absolute atomic E-state index is 0.163. The number of nitrogens with zero attached hydrogens (tertiary/aromatic N) is 2. The number of carbonyl (C=O) groups is 2. The molecule has 40 heavy (non-hydrogen) atoms. The summed E-state index contributed by atoms with van der Waals surface area (Å²) in [5, 5.41) is 3.00. The summed E-state index contributed by atoms with van der Waals surface area (Å²) in [6.07, 6.45) is 1.39. The van der Waals surface area contributed by atoms with Crippen LogP contribution in [0.5, 0.6) is 0 Å². The number of hydrogen-bond acceptors (Lipinski definition) is 4. The summed E-state index contributed by atoms with van der Waals surface area (Å²) in [7, 11) is -3.80. The summed E-state index contributed by atoms with van der Waals surface area (Å²) in [4.78, 5) is 29.3. The molecule has 1 atom stereocenters. The van der Waals surface area contributed by atoms with Gasteiger partial charge in [-0.05, 0) is 49.4 Å². The van der Waals surface area contributed by atoms with Gasteiger partial charge >= 0.3 is 0 Å². The normalized spacial score (nSPS) is 12.2. The van der Waals surface area contributed by atoms with E-state index in [0.29, 0.717) is 18.7 Å². The molecule has 0 radical (unpaired) electrons. The lowest BCUT2D eigenvalue weighted by atomic mass is 10.0. The van der Waals surface area contributed by atoms with Crippen LogP contribution < -0.4 is 9.62 Å². The zero-order valence-corrected chi connectivity index (χ0v) is 25.2. The van der Waals surface area contributed by atoms with Crippen molar-refractivity contribution in [1.29, 1.82) is 0 Å². The van der Waals surface area contributed by atoms with Crippen LogP contribution in [0.4, 0.5) is 5.69 Å². The van der Waals surface area contributed by atoms with Gasteiger partial charge in [-0.25, -0.2) is 8.42 Å². The minimum Gasteiger partial charge on any atom is -0.354 e. The number of benzene rings is 3. The first-order valence-electron chi connectivity index (χ1n) is 13.6. The number of hydrogen-bond donors (Lipinski definition) is 1. The largest absolute Gasteiger partial charge is 0.354 e. The molecule has 0 aromatic heterocycles. The van der Waals surface area contributed by atoms with Crippen molar-refractivity contribution in [3.8, 4) is 0 Å². The van der Waals surface area contributed by atoms with E-state index in [9.17, 15) is 18.0 Å². The molecule has 3 aromatic rings. The quantitative estimate of drug-likeness (QED) is 0.343. The van der Waals surface area contributed by atoms with Gasteiger partial charge in [0.05, 0.1) is 11.9 Å². The molecule has 3 rings (SSSR count). The van der Waals surface area contributed by atoms with Crippen LogP contribution in [0.1, 0.15) is 41.7 Å². The lowest BCUT2D eigenvalue weighted by molar-refractivity contribution is -0.140. The van der Waals surface area contributed by atoms with Crippen LogP contribution in [-0.4, -0.2) is 50.5 Å². The molecule has 0 spiro atoms. The molecule has 0 aliphatic heterocycles. The number of rotatable bonds is 12. The van der Waals surface area contributed by atoms with E-state index in [1.165, 1.54) is 4.90 Å². The number of anilines is 1. The molecule has 0 saturated carbocycles. The second kappa shape index (κ2) is 13.6. The summed E-state index contributed by atoms with van der Waals surface area (Å²) >= 11 is 0. The highest BCUT2D eigenvalue weighted by atomic mass is 32.2. The van der Waals surface area contributed by atoms with Crippen LogP contribution >= 0.6 is 0 Å². The van der Waals surface area contributed by atoms with Gasteiger partial charge in [0, 0.05) is 19.5 Å². The van der Waals surface area contributed by atoms with E-state index in [4.69, 9.17) is 0 Å². The minimum atomic E-state index is -3.80. The van der Waals surface area contributed by atoms with E-state index in [2.05, 4.69) is 5.32 Å². The van der Waals surface area contributed by atoms with Gasteiger partial charge in [0.1, 0.15) is 12.6 Å². The first-order chi connectivity index (χ1) is 18.8. The Morgan fingerprint density at radius 3 is 2.05 bits per heavy atom. The predicted molar refractivity (Wildman–Crippen MR) is 162 cm³/mol. The molecule has 0 bridgehead atoms. The van der Waals surface area contributed by atoms with Crippen molar-refractivity contribution < 1.29 is 18.0 Å². The molecule has 1 N–H and O–H groups in total. The van der Waals surface area contributed by atoms with Crippen molar-refractivity contribution in [2.24, 2.45) is 5.92 Å². The lowest BCUT2D eigenvalue weighted by Gasteiger charge is -2.34. The van der Waals surface area contributed by atoms with Crippen LogP contribution in [-0.2, 0) is 32.6 Å². The van der Waals surface area contributed by atoms with Crippen LogP contribution in [0.15, 0.2) is 72.8 Å². The maximum absolute atomic E-state index is 14.1. The Morgan fingerprint density at radius 2 is 1.48 bits per heavy atom. The molecular weight excluding hydrogens is 522 g/mol. The lowest BCUT2D eigenvalue weighted by Crippen LogP contribution is -2.53. The van der Waals surface area contributed by atoms with Gasteiger partial charge in [0.2, 0.25) is 21.8 Å². The number of carbonyl (C=O) groups excluding carboxylic acids is 2. The van der Waals surface area contributed by atoms with Gasteiger partial charge < -0.3 is 10.2 Å². The average Bonchev–Trinajstić information content (AvgIpc) is 2.89. The number of sulfonamides is 1. The molecule has 214 valence electrons. The molecule has 3 aromatic carbocycles. The molecule has 2 amide bonds. The molecule has 0 aliphatic carbocycles. The second-order valence-electron chi connectivity index (χ2n) is 10.9. The van der Waals surface area contributed by atoms with E-state index < -0.39 is 28.5 Å². The summed E-state index contributed by atoms with van der Waals surface area (Å²) in [6, 6.07) is 21.9. The summed E-state index contributed by atoms with van der Waals surface area (Å²) in [6.45, 7) is 9.97. The number of aryl methyl sites for hydroxylation is 3. The average molecular weight is 564 g/mol. The van der Waals surface area contributed by atoms with Gasteiger partial charge in [0.15, 0.2) is 0 Å². The van der Waals surface area contributed by atoms with Crippen molar-refractivity contribution in [2.75, 3.05) is 23.7 Å². The van der Waals surface area contributed by atoms with E-state index in [-0.39, 0.29) is 18.4 Å². The summed E-state index contributed by atoms with van der Waals surface area (Å²) in [5.74, 6) is -0.491. The van der Waals surface area contributed by atoms with Gasteiger partial charge in [0.25, 0.3) is 0 Å². The monoisotopic (exact) mass is 563 g/mol. The van der Waals surface area contributed by atoms with Crippen molar-refractivity contribution in [1.82, 2.24) is 10.2 Å². The Balaban J connectivity index is 2.06. The second-order valence-corrected chi connectivity index (χ2v) is 12.8. The van der Waals surface area contributed by atoms with Crippen LogP contribution in [0.25, 0.3) is 0 Å². The standard InChI is InChI=1S/C32H41N3O4S/c1-23(2)20-33-32(37)30(19-27-10-8-7-9-11-27)34(21-28-15-12-24(3)13-16-28)31(36)22-35(40(6,38)39)29-17-14-25(4)18-26(29)5/h7-18,23,30H,19-22H2,1-6H3,(H,33,37)/t30-/m0/s1. The highest BCUT2D eigenvalue weighted by Gasteiger charge is 2.33. The molecular formula is C32H41N3O4S. The van der Waals surface area contributed by atoms with E-state index in [1.807, 2.05) is 101 Å². The smallest absolute Gasteiger partial charge is 0.244 e. The fourth-order valence-corrected chi connectivity index (χ4v) is 5.45. The third-order valence-corrected chi connectivity index (χ3v) is 7.86. The predicted octanol–water partition coefficient (Wildman–Crippen LogP) is 4.79.